The van der Waals surface area contributed by atoms with Gasteiger partial charge in [0.15, 0.2) is 0 Å². The van der Waals surface area contributed by atoms with Crippen LogP contribution in [0.3, 0.4) is 0 Å². The molecule has 0 heterocycles. The molecule has 1 rings (SSSR count). The molecule has 2 nitrogen and oxygen atoms in total. The molecule has 0 aromatic carbocycles. The number of rotatable bonds is 7. The van der Waals surface area contributed by atoms with Crippen LogP contribution in [0, 0.1) is 11.3 Å². The van der Waals surface area contributed by atoms with E-state index in [-0.39, 0.29) is 0 Å². The van der Waals surface area contributed by atoms with Crippen molar-refractivity contribution in [3.63, 3.8) is 0 Å². The fourth-order valence-electron chi connectivity index (χ4n) is 2.88. The van der Waals surface area contributed by atoms with Gasteiger partial charge >= 0.3 is 5.97 Å². The third-order valence-electron chi connectivity index (χ3n) is 4.27. The third kappa shape index (κ3) is 4.20. The van der Waals surface area contributed by atoms with Gasteiger partial charge in [0.2, 0.25) is 0 Å². The summed E-state index contributed by atoms with van der Waals surface area (Å²) in [5.41, 5.74) is -0.397. The fourth-order valence-corrected chi connectivity index (χ4v) is 3.47. The van der Waals surface area contributed by atoms with E-state index in [1.54, 1.807) is 11.8 Å². The smallest absolute Gasteiger partial charge is 0.309 e. The largest absolute Gasteiger partial charge is 0.481 e. The Morgan fingerprint density at radius 3 is 2.53 bits per heavy atom. The molecule has 0 aliphatic heterocycles. The molecule has 0 saturated heterocycles. The SMILES string of the molecule is CCCCC1CCC(CCSC)(C(=O)O)CC1. The topological polar surface area (TPSA) is 37.3 Å². The molecule has 0 bridgehead atoms. The molecule has 100 valence electrons. The lowest BCUT2D eigenvalue weighted by molar-refractivity contribution is -0.151. The van der Waals surface area contributed by atoms with Crippen LogP contribution in [0.4, 0.5) is 0 Å². The van der Waals surface area contributed by atoms with Gasteiger partial charge in [-0.15, -0.1) is 0 Å². The van der Waals surface area contributed by atoms with Crippen molar-refractivity contribution in [2.24, 2.45) is 11.3 Å². The van der Waals surface area contributed by atoms with Gasteiger partial charge in [0.25, 0.3) is 0 Å². The standard InChI is InChI=1S/C14H26O2S/c1-3-4-5-12-6-8-14(9-7-12,13(15)16)10-11-17-2/h12H,3-11H2,1-2H3,(H,15,16). The first-order valence-corrected chi connectivity index (χ1v) is 8.26. The van der Waals surface area contributed by atoms with Crippen LogP contribution >= 0.6 is 11.8 Å². The minimum atomic E-state index is -0.555. The van der Waals surface area contributed by atoms with E-state index in [9.17, 15) is 9.90 Å². The Morgan fingerprint density at radius 2 is 2.06 bits per heavy atom. The minimum Gasteiger partial charge on any atom is -0.481 e. The molecule has 1 aliphatic rings. The zero-order valence-electron chi connectivity index (χ0n) is 11.2. The summed E-state index contributed by atoms with van der Waals surface area (Å²) in [7, 11) is 0. The predicted octanol–water partition coefficient (Wildman–Crippen LogP) is 4.19. The van der Waals surface area contributed by atoms with E-state index in [4.69, 9.17) is 0 Å². The Balaban J connectivity index is 2.46. The van der Waals surface area contributed by atoms with E-state index < -0.39 is 11.4 Å². The van der Waals surface area contributed by atoms with Gasteiger partial charge < -0.3 is 5.11 Å². The van der Waals surface area contributed by atoms with Crippen LogP contribution < -0.4 is 0 Å². The monoisotopic (exact) mass is 258 g/mol. The molecule has 1 N–H and O–H groups in total. The molecule has 0 amide bonds. The second-order valence-corrected chi connectivity index (χ2v) is 6.40. The van der Waals surface area contributed by atoms with Gasteiger partial charge in [0.05, 0.1) is 5.41 Å². The zero-order chi connectivity index (χ0) is 12.7. The maximum atomic E-state index is 11.5. The number of carbonyl (C=O) groups is 1. The van der Waals surface area contributed by atoms with E-state index >= 15 is 0 Å². The molecule has 0 unspecified atom stereocenters. The minimum absolute atomic E-state index is 0.397. The van der Waals surface area contributed by atoms with Crippen molar-refractivity contribution in [2.75, 3.05) is 12.0 Å². The summed E-state index contributed by atoms with van der Waals surface area (Å²) in [6.45, 7) is 2.23. The first kappa shape index (κ1) is 14.9. The van der Waals surface area contributed by atoms with Crippen LogP contribution in [-0.2, 0) is 4.79 Å². The van der Waals surface area contributed by atoms with Crippen LogP contribution in [-0.4, -0.2) is 23.1 Å². The first-order chi connectivity index (χ1) is 8.14. The molecule has 0 spiro atoms. The third-order valence-corrected chi connectivity index (χ3v) is 4.88. The molecule has 1 saturated carbocycles. The highest BCUT2D eigenvalue weighted by Crippen LogP contribution is 2.43. The van der Waals surface area contributed by atoms with Crippen LogP contribution in [0.15, 0.2) is 0 Å². The number of aliphatic carboxylic acids is 1. The summed E-state index contributed by atoms with van der Waals surface area (Å²) in [6, 6.07) is 0. The van der Waals surface area contributed by atoms with Crippen molar-refractivity contribution in [2.45, 2.75) is 58.3 Å². The highest BCUT2D eigenvalue weighted by Gasteiger charge is 2.40. The Hall–Kier alpha value is -0.180. The average molecular weight is 258 g/mol. The molecule has 3 heteroatoms. The number of carboxylic acid groups (broad SMARTS) is 1. The van der Waals surface area contributed by atoms with Crippen LogP contribution in [0.1, 0.15) is 58.3 Å². The van der Waals surface area contributed by atoms with Crippen LogP contribution in [0.2, 0.25) is 0 Å². The van der Waals surface area contributed by atoms with Crippen molar-refractivity contribution in [1.82, 2.24) is 0 Å². The van der Waals surface area contributed by atoms with E-state index in [1.807, 2.05) is 0 Å². The van der Waals surface area contributed by atoms with Crippen molar-refractivity contribution < 1.29 is 9.90 Å². The van der Waals surface area contributed by atoms with E-state index in [0.29, 0.717) is 0 Å². The Kier molecular flexibility index (Phi) is 6.39. The number of carboxylic acids is 1. The van der Waals surface area contributed by atoms with Gasteiger partial charge in [-0.1, -0.05) is 26.2 Å². The summed E-state index contributed by atoms with van der Waals surface area (Å²) in [5, 5.41) is 9.47. The average Bonchev–Trinajstić information content (AvgIpc) is 2.35. The summed E-state index contributed by atoms with van der Waals surface area (Å²) < 4.78 is 0. The van der Waals surface area contributed by atoms with E-state index in [1.165, 1.54) is 19.3 Å². The molecule has 1 aliphatic carbocycles. The predicted molar refractivity (Wildman–Crippen MR) is 74.6 cm³/mol. The number of thioether (sulfide) groups is 1. The molecule has 0 atom stereocenters. The van der Waals surface area contributed by atoms with Gasteiger partial charge in [-0.05, 0) is 50.0 Å². The maximum absolute atomic E-state index is 11.5. The molecule has 17 heavy (non-hydrogen) atoms. The van der Waals surface area contributed by atoms with Crippen LogP contribution in [0.5, 0.6) is 0 Å². The second kappa shape index (κ2) is 7.30. The van der Waals surface area contributed by atoms with Gasteiger partial charge in [0.1, 0.15) is 0 Å². The lowest BCUT2D eigenvalue weighted by Crippen LogP contribution is -2.36. The van der Waals surface area contributed by atoms with E-state index in [2.05, 4.69) is 13.2 Å². The summed E-state index contributed by atoms with van der Waals surface area (Å²) in [5.74, 6) is 1.21. The van der Waals surface area contributed by atoms with Gasteiger partial charge in [-0.2, -0.15) is 11.8 Å². The normalized spacial score (nSPS) is 29.2. The Bertz CT molecular complexity index is 232. The highest BCUT2D eigenvalue weighted by atomic mass is 32.2. The quantitative estimate of drug-likeness (QED) is 0.744. The second-order valence-electron chi connectivity index (χ2n) is 5.41. The fraction of sp³-hybridized carbons (Fsp3) is 0.929. The van der Waals surface area contributed by atoms with Gasteiger partial charge in [-0.25, -0.2) is 0 Å². The van der Waals surface area contributed by atoms with Gasteiger partial charge in [0, 0.05) is 0 Å². The molecular weight excluding hydrogens is 232 g/mol. The van der Waals surface area contributed by atoms with Crippen molar-refractivity contribution in [3.05, 3.63) is 0 Å². The van der Waals surface area contributed by atoms with Crippen molar-refractivity contribution in [1.29, 1.82) is 0 Å². The maximum Gasteiger partial charge on any atom is 0.309 e. The van der Waals surface area contributed by atoms with E-state index in [0.717, 1.165) is 43.8 Å². The molecular formula is C14H26O2S. The highest BCUT2D eigenvalue weighted by molar-refractivity contribution is 7.98. The summed E-state index contributed by atoms with van der Waals surface area (Å²) in [6.07, 6.45) is 10.8. The number of hydrogen-bond donors (Lipinski definition) is 1. The zero-order valence-corrected chi connectivity index (χ0v) is 12.0. The summed E-state index contributed by atoms with van der Waals surface area (Å²) in [4.78, 5) is 11.5. The summed E-state index contributed by atoms with van der Waals surface area (Å²) >= 11 is 1.76. The molecule has 0 aromatic rings. The number of unbranched alkanes of at least 4 members (excludes halogenated alkanes) is 1. The van der Waals surface area contributed by atoms with Crippen molar-refractivity contribution in [3.8, 4) is 0 Å². The van der Waals surface area contributed by atoms with Crippen molar-refractivity contribution >= 4 is 17.7 Å². The lowest BCUT2D eigenvalue weighted by atomic mass is 9.68. The first-order valence-electron chi connectivity index (χ1n) is 6.87. The Morgan fingerprint density at radius 1 is 1.41 bits per heavy atom. The molecule has 1 fully saturated rings. The van der Waals surface area contributed by atoms with Gasteiger partial charge in [-0.3, -0.25) is 4.79 Å². The number of hydrogen-bond acceptors (Lipinski definition) is 2. The Labute approximate surface area is 110 Å². The molecule has 0 aromatic heterocycles. The van der Waals surface area contributed by atoms with Crippen LogP contribution in [0.25, 0.3) is 0 Å². The molecule has 0 radical (unpaired) electrons. The lowest BCUT2D eigenvalue weighted by Gasteiger charge is -2.37.